The van der Waals surface area contributed by atoms with Gasteiger partial charge in [-0.25, -0.2) is 0 Å². The van der Waals surface area contributed by atoms with Crippen LogP contribution in [0, 0.1) is 4.91 Å². The van der Waals surface area contributed by atoms with Gasteiger partial charge in [0.2, 0.25) is 0 Å². The summed E-state index contributed by atoms with van der Waals surface area (Å²) in [6, 6.07) is 6.11. The largest absolute Gasteiger partial charge is 0.256 e. The minimum atomic E-state index is 0.625. The van der Waals surface area contributed by atoms with Gasteiger partial charge in [0.15, 0.2) is 0 Å². The Labute approximate surface area is 84.8 Å². The second kappa shape index (κ2) is 3.46. The summed E-state index contributed by atoms with van der Waals surface area (Å²) in [5, 5.41) is 4.50. The number of hydrogen-bond acceptors (Lipinski definition) is 2. The Morgan fingerprint density at radius 3 is 3.08 bits per heavy atom. The molecule has 0 amide bonds. The van der Waals surface area contributed by atoms with E-state index < -0.39 is 0 Å². The number of hydrogen-bond donors (Lipinski definition) is 0. The average Bonchev–Trinajstić information content (AvgIpc) is 2.18. The lowest BCUT2D eigenvalue weighted by atomic mass is 10.0. The highest BCUT2D eigenvalue weighted by Gasteiger charge is 2.17. The van der Waals surface area contributed by atoms with Crippen molar-refractivity contribution >= 4 is 15.9 Å². The fourth-order valence-electron chi connectivity index (χ4n) is 1.60. The highest BCUT2D eigenvalue weighted by Crippen LogP contribution is 2.26. The number of nitroso groups, excluding NO2 is 1. The molecule has 0 spiro atoms. The fourth-order valence-corrected chi connectivity index (χ4v) is 2.13. The summed E-state index contributed by atoms with van der Waals surface area (Å²) >= 11 is 3.47. The lowest BCUT2D eigenvalue weighted by Crippen LogP contribution is -2.25. The Hall–Kier alpha value is -0.900. The maximum absolute atomic E-state index is 10.3. The van der Waals surface area contributed by atoms with E-state index in [1.165, 1.54) is 11.1 Å². The molecule has 4 heteroatoms. The maximum atomic E-state index is 10.3. The molecular weight excluding hydrogens is 232 g/mol. The molecule has 0 saturated heterocycles. The summed E-state index contributed by atoms with van der Waals surface area (Å²) in [7, 11) is 0. The molecule has 0 aliphatic carbocycles. The molecule has 0 N–H and O–H groups in total. The van der Waals surface area contributed by atoms with Crippen molar-refractivity contribution in [2.75, 3.05) is 6.54 Å². The first kappa shape index (κ1) is 8.69. The molecule has 0 saturated carbocycles. The molecule has 1 heterocycles. The average molecular weight is 241 g/mol. The van der Waals surface area contributed by atoms with Gasteiger partial charge in [0, 0.05) is 11.0 Å². The number of nitrogens with zero attached hydrogens (tertiary/aromatic N) is 2. The van der Waals surface area contributed by atoms with Crippen molar-refractivity contribution in [3.05, 3.63) is 38.7 Å². The third-order valence-electron chi connectivity index (χ3n) is 2.31. The highest BCUT2D eigenvalue weighted by molar-refractivity contribution is 9.10. The highest BCUT2D eigenvalue weighted by atomic mass is 79.9. The summed E-state index contributed by atoms with van der Waals surface area (Å²) in [6.45, 7) is 1.35. The molecule has 13 heavy (non-hydrogen) atoms. The Balaban J connectivity index is 2.37. The molecule has 0 atom stereocenters. The number of rotatable bonds is 1. The van der Waals surface area contributed by atoms with Crippen LogP contribution in [0.2, 0.25) is 0 Å². The molecule has 0 fully saturated rings. The van der Waals surface area contributed by atoms with Gasteiger partial charge >= 0.3 is 0 Å². The standard InChI is InChI=1S/C9H9BrN2O/c10-9-3-1-2-7-4-5-12(11-13)6-8(7)9/h1-3H,4-6H2. The third-order valence-corrected chi connectivity index (χ3v) is 3.05. The zero-order chi connectivity index (χ0) is 9.26. The van der Waals surface area contributed by atoms with Gasteiger partial charge in [-0.05, 0) is 23.6 Å². The lowest BCUT2D eigenvalue weighted by molar-refractivity contribution is 0.263. The van der Waals surface area contributed by atoms with E-state index in [9.17, 15) is 4.91 Å². The van der Waals surface area contributed by atoms with E-state index >= 15 is 0 Å². The van der Waals surface area contributed by atoms with E-state index in [1.807, 2.05) is 12.1 Å². The first-order chi connectivity index (χ1) is 6.31. The molecule has 1 aromatic rings. The Bertz CT molecular complexity index is 340. The normalized spacial score (nSPS) is 15.3. The van der Waals surface area contributed by atoms with Gasteiger partial charge in [0.1, 0.15) is 0 Å². The zero-order valence-corrected chi connectivity index (χ0v) is 8.62. The smallest absolute Gasteiger partial charge is 0.0656 e. The summed E-state index contributed by atoms with van der Waals surface area (Å²) < 4.78 is 1.07. The van der Waals surface area contributed by atoms with E-state index in [4.69, 9.17) is 0 Å². The number of benzene rings is 1. The van der Waals surface area contributed by atoms with Crippen LogP contribution in [-0.2, 0) is 13.0 Å². The summed E-state index contributed by atoms with van der Waals surface area (Å²) in [6.07, 6.45) is 0.903. The van der Waals surface area contributed by atoms with Crippen LogP contribution in [0.1, 0.15) is 11.1 Å². The van der Waals surface area contributed by atoms with Crippen molar-refractivity contribution in [2.45, 2.75) is 13.0 Å². The van der Waals surface area contributed by atoms with Crippen molar-refractivity contribution < 1.29 is 0 Å². The molecule has 0 bridgehead atoms. The van der Waals surface area contributed by atoms with E-state index in [-0.39, 0.29) is 0 Å². The van der Waals surface area contributed by atoms with Crippen LogP contribution in [0.3, 0.4) is 0 Å². The lowest BCUT2D eigenvalue weighted by Gasteiger charge is -2.24. The molecule has 3 nitrogen and oxygen atoms in total. The van der Waals surface area contributed by atoms with Crippen molar-refractivity contribution in [1.82, 2.24) is 5.01 Å². The predicted molar refractivity (Wildman–Crippen MR) is 54.1 cm³/mol. The van der Waals surface area contributed by atoms with E-state index in [0.29, 0.717) is 6.54 Å². The van der Waals surface area contributed by atoms with Crippen molar-refractivity contribution in [3.63, 3.8) is 0 Å². The Morgan fingerprint density at radius 2 is 2.31 bits per heavy atom. The van der Waals surface area contributed by atoms with Crippen LogP contribution < -0.4 is 0 Å². The van der Waals surface area contributed by atoms with Crippen LogP contribution >= 0.6 is 15.9 Å². The van der Waals surface area contributed by atoms with Gasteiger partial charge in [-0.2, -0.15) is 0 Å². The molecular formula is C9H9BrN2O. The quantitative estimate of drug-likeness (QED) is 0.707. The van der Waals surface area contributed by atoms with Crippen molar-refractivity contribution in [3.8, 4) is 0 Å². The van der Waals surface area contributed by atoms with Crippen LogP contribution in [0.5, 0.6) is 0 Å². The van der Waals surface area contributed by atoms with Gasteiger partial charge in [0.05, 0.1) is 11.8 Å². The van der Waals surface area contributed by atoms with E-state index in [0.717, 1.165) is 17.4 Å². The molecule has 0 radical (unpaired) electrons. The summed E-state index contributed by atoms with van der Waals surface area (Å²) in [4.78, 5) is 10.3. The topological polar surface area (TPSA) is 32.7 Å². The van der Waals surface area contributed by atoms with Crippen LogP contribution in [0.15, 0.2) is 28.0 Å². The monoisotopic (exact) mass is 240 g/mol. The van der Waals surface area contributed by atoms with Gasteiger partial charge in [-0.1, -0.05) is 28.1 Å². The van der Waals surface area contributed by atoms with Crippen LogP contribution in [0.25, 0.3) is 0 Å². The molecule has 2 rings (SSSR count). The molecule has 0 aromatic heterocycles. The number of halogens is 1. The summed E-state index contributed by atoms with van der Waals surface area (Å²) in [5.41, 5.74) is 2.50. The zero-order valence-electron chi connectivity index (χ0n) is 7.03. The third kappa shape index (κ3) is 1.58. The molecule has 0 unspecified atom stereocenters. The SMILES string of the molecule is O=NN1CCc2cccc(Br)c2C1. The number of fused-ring (bicyclic) bond motifs is 1. The van der Waals surface area contributed by atoms with Gasteiger partial charge in [-0.3, -0.25) is 5.01 Å². The summed E-state index contributed by atoms with van der Waals surface area (Å²) in [5.74, 6) is 0. The van der Waals surface area contributed by atoms with Gasteiger partial charge < -0.3 is 0 Å². The van der Waals surface area contributed by atoms with Crippen molar-refractivity contribution in [1.29, 1.82) is 0 Å². The second-order valence-electron chi connectivity index (χ2n) is 3.10. The van der Waals surface area contributed by atoms with Crippen LogP contribution in [-0.4, -0.2) is 11.6 Å². The maximum Gasteiger partial charge on any atom is 0.0656 e. The fraction of sp³-hybridized carbons (Fsp3) is 0.333. The molecule has 1 aromatic carbocycles. The van der Waals surface area contributed by atoms with E-state index in [1.54, 1.807) is 5.01 Å². The minimum absolute atomic E-state index is 0.625. The molecule has 1 aliphatic rings. The minimum Gasteiger partial charge on any atom is -0.256 e. The molecule has 68 valence electrons. The first-order valence-electron chi connectivity index (χ1n) is 4.16. The van der Waals surface area contributed by atoms with Crippen LogP contribution in [0.4, 0.5) is 0 Å². The Morgan fingerprint density at radius 1 is 1.46 bits per heavy atom. The predicted octanol–water partition coefficient (Wildman–Crippen LogP) is 2.49. The van der Waals surface area contributed by atoms with Crippen molar-refractivity contribution in [2.24, 2.45) is 5.29 Å². The Kier molecular flexibility index (Phi) is 2.31. The van der Waals surface area contributed by atoms with Gasteiger partial charge in [0.25, 0.3) is 0 Å². The molecule has 1 aliphatic heterocycles. The first-order valence-corrected chi connectivity index (χ1v) is 4.95. The van der Waals surface area contributed by atoms with Gasteiger partial charge in [-0.15, -0.1) is 4.91 Å². The second-order valence-corrected chi connectivity index (χ2v) is 3.95. The van der Waals surface area contributed by atoms with E-state index in [2.05, 4.69) is 27.3 Å².